The Morgan fingerprint density at radius 3 is 2.78 bits per heavy atom. The SMILES string of the molecule is CC1CNC(=O)C(CC2C=NC(NC(=O)OC(C)(C)C)NN2)C1. The molecule has 0 spiro atoms. The van der Waals surface area contributed by atoms with Gasteiger partial charge in [0.15, 0.2) is 6.29 Å². The molecular formula is C15H27N5O3. The highest BCUT2D eigenvalue weighted by molar-refractivity contribution is 5.80. The zero-order chi connectivity index (χ0) is 17.0. The van der Waals surface area contributed by atoms with Gasteiger partial charge < -0.3 is 10.1 Å². The molecule has 0 aromatic heterocycles. The lowest BCUT2D eigenvalue weighted by Gasteiger charge is -2.31. The monoisotopic (exact) mass is 325 g/mol. The highest BCUT2D eigenvalue weighted by Crippen LogP contribution is 2.21. The third-order valence-electron chi connectivity index (χ3n) is 3.69. The number of hydrogen-bond donors (Lipinski definition) is 4. The van der Waals surface area contributed by atoms with Crippen LogP contribution in [0.1, 0.15) is 40.5 Å². The van der Waals surface area contributed by atoms with Crippen molar-refractivity contribution >= 4 is 18.2 Å². The number of hydrazine groups is 1. The minimum Gasteiger partial charge on any atom is -0.444 e. The molecule has 2 rings (SSSR count). The average Bonchev–Trinajstić information content (AvgIpc) is 2.43. The molecule has 4 atom stereocenters. The molecule has 130 valence electrons. The molecule has 8 nitrogen and oxygen atoms in total. The van der Waals surface area contributed by atoms with E-state index >= 15 is 0 Å². The van der Waals surface area contributed by atoms with Crippen molar-refractivity contribution in [2.45, 2.75) is 58.5 Å². The fraction of sp³-hybridized carbons (Fsp3) is 0.800. The Balaban J connectivity index is 1.79. The lowest BCUT2D eigenvalue weighted by atomic mass is 9.87. The minimum absolute atomic E-state index is 0.0140. The molecule has 8 heteroatoms. The summed E-state index contributed by atoms with van der Waals surface area (Å²) in [4.78, 5) is 27.8. The first-order valence-corrected chi connectivity index (χ1v) is 8.04. The predicted molar refractivity (Wildman–Crippen MR) is 86.6 cm³/mol. The summed E-state index contributed by atoms with van der Waals surface area (Å²) in [5.41, 5.74) is 5.43. The van der Waals surface area contributed by atoms with E-state index in [1.54, 1.807) is 27.0 Å². The summed E-state index contributed by atoms with van der Waals surface area (Å²) in [6.07, 6.45) is 2.17. The van der Waals surface area contributed by atoms with E-state index in [2.05, 4.69) is 33.4 Å². The molecule has 2 heterocycles. The summed E-state index contributed by atoms with van der Waals surface area (Å²) in [5.74, 6) is 0.583. The van der Waals surface area contributed by atoms with Crippen LogP contribution in [0.2, 0.25) is 0 Å². The predicted octanol–water partition coefficient (Wildman–Crippen LogP) is 0.504. The molecule has 1 saturated heterocycles. The number of alkyl carbamates (subject to hydrolysis) is 1. The molecule has 1 fully saturated rings. The Kier molecular flexibility index (Phi) is 5.59. The van der Waals surface area contributed by atoms with Crippen molar-refractivity contribution in [3.63, 3.8) is 0 Å². The third-order valence-corrected chi connectivity index (χ3v) is 3.69. The average molecular weight is 325 g/mol. The number of hydrogen-bond acceptors (Lipinski definition) is 6. The number of nitrogens with zero attached hydrogens (tertiary/aromatic N) is 1. The Morgan fingerprint density at radius 1 is 1.43 bits per heavy atom. The Hall–Kier alpha value is -1.67. The highest BCUT2D eigenvalue weighted by Gasteiger charge is 2.29. The van der Waals surface area contributed by atoms with E-state index in [1.807, 2.05) is 0 Å². The van der Waals surface area contributed by atoms with Gasteiger partial charge in [-0.3, -0.25) is 15.1 Å². The highest BCUT2D eigenvalue weighted by atomic mass is 16.6. The van der Waals surface area contributed by atoms with Crippen molar-refractivity contribution in [2.24, 2.45) is 16.8 Å². The maximum absolute atomic E-state index is 11.9. The number of carbonyl (C=O) groups is 2. The number of aliphatic imine (C=N–C) groups is 1. The Labute approximate surface area is 136 Å². The molecule has 0 bridgehead atoms. The first-order valence-electron chi connectivity index (χ1n) is 8.04. The number of carbonyl (C=O) groups excluding carboxylic acids is 2. The molecular weight excluding hydrogens is 298 g/mol. The van der Waals surface area contributed by atoms with Crippen molar-refractivity contribution in [1.29, 1.82) is 0 Å². The number of rotatable bonds is 3. The van der Waals surface area contributed by atoms with Crippen molar-refractivity contribution in [2.75, 3.05) is 6.54 Å². The van der Waals surface area contributed by atoms with Crippen molar-refractivity contribution < 1.29 is 14.3 Å². The second kappa shape index (κ2) is 7.27. The second-order valence-electron chi connectivity index (χ2n) is 7.26. The summed E-state index contributed by atoms with van der Waals surface area (Å²) < 4.78 is 5.17. The van der Waals surface area contributed by atoms with Gasteiger partial charge in [-0.05, 0) is 39.5 Å². The van der Waals surface area contributed by atoms with Crippen molar-refractivity contribution in [3.8, 4) is 0 Å². The minimum atomic E-state index is -0.583. The lowest BCUT2D eigenvalue weighted by Crippen LogP contribution is -2.58. The van der Waals surface area contributed by atoms with Gasteiger partial charge in [0.2, 0.25) is 5.91 Å². The van der Waals surface area contributed by atoms with Gasteiger partial charge in [0, 0.05) is 18.7 Å². The molecule has 0 radical (unpaired) electrons. The van der Waals surface area contributed by atoms with Gasteiger partial charge in [0.25, 0.3) is 0 Å². The third kappa shape index (κ3) is 5.80. The van der Waals surface area contributed by atoms with Crippen LogP contribution in [-0.4, -0.2) is 42.7 Å². The maximum Gasteiger partial charge on any atom is 0.410 e. The summed E-state index contributed by atoms with van der Waals surface area (Å²) in [7, 11) is 0. The standard InChI is InChI=1S/C15H27N5O3/c1-9-5-10(12(21)16-7-9)6-11-8-17-13(20-19-11)18-14(22)23-15(2,3)4/h8-11,13,19-20H,5-7H2,1-4H3,(H,16,21)(H,18,22). The molecule has 0 saturated carbocycles. The molecule has 4 unspecified atom stereocenters. The van der Waals surface area contributed by atoms with Gasteiger partial charge in [0.1, 0.15) is 5.60 Å². The molecule has 2 amide bonds. The summed E-state index contributed by atoms with van der Waals surface area (Å²) in [6.45, 7) is 8.29. The van der Waals surface area contributed by atoms with E-state index < -0.39 is 18.0 Å². The largest absolute Gasteiger partial charge is 0.444 e. The van der Waals surface area contributed by atoms with Gasteiger partial charge in [-0.25, -0.2) is 15.6 Å². The number of amides is 2. The molecule has 0 aliphatic carbocycles. The van der Waals surface area contributed by atoms with E-state index in [-0.39, 0.29) is 17.9 Å². The van der Waals surface area contributed by atoms with Gasteiger partial charge in [0.05, 0.1) is 6.04 Å². The van der Waals surface area contributed by atoms with Crippen molar-refractivity contribution in [1.82, 2.24) is 21.5 Å². The van der Waals surface area contributed by atoms with Crippen LogP contribution in [0, 0.1) is 11.8 Å². The molecule has 4 N–H and O–H groups in total. The van der Waals surface area contributed by atoms with Crippen LogP contribution in [-0.2, 0) is 9.53 Å². The number of nitrogens with one attached hydrogen (secondary N) is 4. The van der Waals surface area contributed by atoms with Gasteiger partial charge in [-0.1, -0.05) is 6.92 Å². The van der Waals surface area contributed by atoms with E-state index in [1.165, 1.54) is 0 Å². The second-order valence-corrected chi connectivity index (χ2v) is 7.26. The zero-order valence-electron chi connectivity index (χ0n) is 14.2. The van der Waals surface area contributed by atoms with Crippen LogP contribution in [0.25, 0.3) is 0 Å². The quantitative estimate of drug-likeness (QED) is 0.605. The summed E-state index contributed by atoms with van der Waals surface area (Å²) in [6, 6.07) is -0.0484. The Bertz CT molecular complexity index is 474. The van der Waals surface area contributed by atoms with Crippen LogP contribution in [0.15, 0.2) is 4.99 Å². The van der Waals surface area contributed by atoms with E-state index in [0.29, 0.717) is 12.3 Å². The van der Waals surface area contributed by atoms with Gasteiger partial charge in [-0.2, -0.15) is 0 Å². The fourth-order valence-corrected chi connectivity index (χ4v) is 2.67. The molecule has 0 aromatic rings. The van der Waals surface area contributed by atoms with E-state index in [4.69, 9.17) is 4.74 Å². The zero-order valence-corrected chi connectivity index (χ0v) is 14.2. The molecule has 2 aliphatic rings. The van der Waals surface area contributed by atoms with Crippen LogP contribution < -0.4 is 21.5 Å². The summed E-state index contributed by atoms with van der Waals surface area (Å²) >= 11 is 0. The molecule has 23 heavy (non-hydrogen) atoms. The maximum atomic E-state index is 11.9. The van der Waals surface area contributed by atoms with Crippen LogP contribution in [0.4, 0.5) is 4.79 Å². The van der Waals surface area contributed by atoms with Crippen LogP contribution >= 0.6 is 0 Å². The summed E-state index contributed by atoms with van der Waals surface area (Å²) in [5, 5.41) is 5.53. The number of ether oxygens (including phenoxy) is 1. The number of piperidine rings is 1. The Morgan fingerprint density at radius 2 is 2.17 bits per heavy atom. The smallest absolute Gasteiger partial charge is 0.410 e. The molecule has 0 aromatic carbocycles. The van der Waals surface area contributed by atoms with Gasteiger partial charge >= 0.3 is 6.09 Å². The first kappa shape index (κ1) is 17.7. The van der Waals surface area contributed by atoms with E-state index in [0.717, 1.165) is 13.0 Å². The van der Waals surface area contributed by atoms with E-state index in [9.17, 15) is 9.59 Å². The normalized spacial score (nSPS) is 31.4. The topological polar surface area (TPSA) is 104 Å². The first-order chi connectivity index (χ1) is 10.7. The van der Waals surface area contributed by atoms with Gasteiger partial charge in [-0.15, -0.1) is 0 Å². The van der Waals surface area contributed by atoms with Crippen LogP contribution in [0.3, 0.4) is 0 Å². The van der Waals surface area contributed by atoms with Crippen LogP contribution in [0.5, 0.6) is 0 Å². The molecule has 2 aliphatic heterocycles. The fourth-order valence-electron chi connectivity index (χ4n) is 2.67. The van der Waals surface area contributed by atoms with Crippen molar-refractivity contribution in [3.05, 3.63) is 0 Å². The lowest BCUT2D eigenvalue weighted by molar-refractivity contribution is -0.127.